The topological polar surface area (TPSA) is 108 Å². The highest BCUT2D eigenvalue weighted by atomic mass is 16.5. The Kier molecular flexibility index (Phi) is 6.31. The number of rotatable bonds is 7. The molecule has 0 saturated carbocycles. The summed E-state index contributed by atoms with van der Waals surface area (Å²) >= 11 is 0. The number of aliphatic carboxylic acids is 1. The first-order valence-corrected chi connectivity index (χ1v) is 6.07. The summed E-state index contributed by atoms with van der Waals surface area (Å²) in [7, 11) is 1.58. The number of urea groups is 1. The normalized spacial score (nSPS) is 11.5. The van der Waals surface area contributed by atoms with Crippen LogP contribution >= 0.6 is 0 Å². The van der Waals surface area contributed by atoms with Gasteiger partial charge in [0.25, 0.3) is 0 Å². The zero-order chi connectivity index (χ0) is 15.0. The minimum atomic E-state index is -1.30. The van der Waals surface area contributed by atoms with Gasteiger partial charge in [0.15, 0.2) is 6.04 Å². The number of carbonyl (C=O) groups is 2. The first-order chi connectivity index (χ1) is 9.56. The highest BCUT2D eigenvalue weighted by Gasteiger charge is 2.17. The van der Waals surface area contributed by atoms with Gasteiger partial charge in [-0.05, 0) is 24.1 Å². The molecule has 0 aliphatic carbocycles. The molecule has 1 aromatic carbocycles. The van der Waals surface area contributed by atoms with E-state index in [1.165, 1.54) is 0 Å². The van der Waals surface area contributed by atoms with Gasteiger partial charge in [0.2, 0.25) is 0 Å². The average Bonchev–Trinajstić information content (AvgIpc) is 2.45. The van der Waals surface area contributed by atoms with Gasteiger partial charge in [0.05, 0.1) is 13.7 Å². The summed E-state index contributed by atoms with van der Waals surface area (Å²) in [5, 5.41) is 22.1. The molecular weight excluding hydrogens is 264 g/mol. The number of hydrogen-bond acceptors (Lipinski definition) is 4. The number of methoxy groups -OCH3 is 1. The van der Waals surface area contributed by atoms with Crippen LogP contribution in [0.15, 0.2) is 24.3 Å². The second-order valence-electron chi connectivity index (χ2n) is 4.07. The molecule has 0 saturated heterocycles. The van der Waals surface area contributed by atoms with Crippen molar-refractivity contribution in [3.8, 4) is 5.75 Å². The molecule has 0 fully saturated rings. The molecule has 2 amide bonds. The number of carbonyl (C=O) groups excluding carboxylic acids is 1. The van der Waals surface area contributed by atoms with Gasteiger partial charge in [0, 0.05) is 6.54 Å². The van der Waals surface area contributed by atoms with E-state index in [-0.39, 0.29) is 0 Å². The van der Waals surface area contributed by atoms with Crippen LogP contribution in [0.2, 0.25) is 0 Å². The Balaban J connectivity index is 2.32. The third-order valence-corrected chi connectivity index (χ3v) is 2.64. The van der Waals surface area contributed by atoms with Crippen molar-refractivity contribution in [3.63, 3.8) is 0 Å². The van der Waals surface area contributed by atoms with Gasteiger partial charge in [-0.3, -0.25) is 0 Å². The maximum Gasteiger partial charge on any atom is 0.328 e. The highest BCUT2D eigenvalue weighted by molar-refractivity contribution is 5.82. The highest BCUT2D eigenvalue weighted by Crippen LogP contribution is 2.11. The van der Waals surface area contributed by atoms with Crippen LogP contribution in [-0.2, 0) is 11.2 Å². The van der Waals surface area contributed by atoms with E-state index in [1.54, 1.807) is 7.11 Å². The Morgan fingerprint density at radius 2 is 1.95 bits per heavy atom. The first kappa shape index (κ1) is 15.8. The minimum Gasteiger partial charge on any atom is -0.497 e. The summed E-state index contributed by atoms with van der Waals surface area (Å²) < 4.78 is 5.03. The fourth-order valence-electron chi connectivity index (χ4n) is 1.51. The van der Waals surface area contributed by atoms with Crippen LogP contribution in [0.1, 0.15) is 5.56 Å². The number of carboxylic acids is 1. The summed E-state index contributed by atoms with van der Waals surface area (Å²) in [6, 6.07) is 5.48. The summed E-state index contributed by atoms with van der Waals surface area (Å²) in [5.41, 5.74) is 1.02. The van der Waals surface area contributed by atoms with E-state index in [0.717, 1.165) is 11.3 Å². The van der Waals surface area contributed by atoms with Gasteiger partial charge in [-0.15, -0.1) is 0 Å². The molecule has 1 rings (SSSR count). The molecule has 0 bridgehead atoms. The van der Waals surface area contributed by atoms with Gasteiger partial charge in [-0.2, -0.15) is 0 Å². The number of aliphatic hydroxyl groups is 1. The quantitative estimate of drug-likeness (QED) is 0.562. The van der Waals surface area contributed by atoms with Crippen LogP contribution in [-0.4, -0.2) is 48.5 Å². The predicted molar refractivity (Wildman–Crippen MR) is 71.7 cm³/mol. The van der Waals surface area contributed by atoms with Crippen molar-refractivity contribution in [2.45, 2.75) is 12.5 Å². The molecule has 1 atom stereocenters. The molecule has 20 heavy (non-hydrogen) atoms. The molecule has 0 spiro atoms. The number of ether oxygens (including phenoxy) is 1. The third kappa shape index (κ3) is 5.15. The molecule has 0 heterocycles. The van der Waals surface area contributed by atoms with E-state index in [0.29, 0.717) is 13.0 Å². The van der Waals surface area contributed by atoms with E-state index in [4.69, 9.17) is 14.9 Å². The Labute approximate surface area is 116 Å². The molecule has 0 radical (unpaired) electrons. The molecule has 110 valence electrons. The second-order valence-corrected chi connectivity index (χ2v) is 4.07. The Morgan fingerprint density at radius 3 is 2.45 bits per heavy atom. The molecule has 4 N–H and O–H groups in total. The second kappa shape index (κ2) is 8.00. The van der Waals surface area contributed by atoms with Crippen LogP contribution in [0, 0.1) is 0 Å². The van der Waals surface area contributed by atoms with Gasteiger partial charge in [-0.25, -0.2) is 9.59 Å². The maximum atomic E-state index is 11.4. The number of amides is 2. The molecule has 0 aromatic heterocycles. The summed E-state index contributed by atoms with van der Waals surface area (Å²) in [5.74, 6) is -0.524. The number of benzene rings is 1. The third-order valence-electron chi connectivity index (χ3n) is 2.64. The zero-order valence-electron chi connectivity index (χ0n) is 11.1. The monoisotopic (exact) mass is 282 g/mol. The lowest BCUT2D eigenvalue weighted by Gasteiger charge is -2.12. The zero-order valence-corrected chi connectivity index (χ0v) is 11.1. The lowest BCUT2D eigenvalue weighted by molar-refractivity contribution is -0.140. The standard InChI is InChI=1S/C13H18N2O5/c1-20-10-4-2-9(3-5-10)6-7-14-13(19)15-11(8-16)12(17)18/h2-5,11,16H,6-8H2,1H3,(H,17,18)(H2,14,15,19). The van der Waals surface area contributed by atoms with Gasteiger partial charge in [0.1, 0.15) is 5.75 Å². The maximum absolute atomic E-state index is 11.4. The van der Waals surface area contributed by atoms with Gasteiger partial charge < -0.3 is 25.6 Å². The Morgan fingerprint density at radius 1 is 1.30 bits per heavy atom. The fraction of sp³-hybridized carbons (Fsp3) is 0.385. The fourth-order valence-corrected chi connectivity index (χ4v) is 1.51. The van der Waals surface area contributed by atoms with Crippen molar-refractivity contribution in [1.82, 2.24) is 10.6 Å². The van der Waals surface area contributed by atoms with Gasteiger partial charge >= 0.3 is 12.0 Å². The van der Waals surface area contributed by atoms with Crippen molar-refractivity contribution in [2.75, 3.05) is 20.3 Å². The molecule has 1 unspecified atom stereocenters. The Hall–Kier alpha value is -2.28. The average molecular weight is 282 g/mol. The van der Waals surface area contributed by atoms with E-state index in [1.807, 2.05) is 24.3 Å². The van der Waals surface area contributed by atoms with Crippen molar-refractivity contribution in [3.05, 3.63) is 29.8 Å². The van der Waals surface area contributed by atoms with Crippen molar-refractivity contribution < 1.29 is 24.5 Å². The van der Waals surface area contributed by atoms with Crippen LogP contribution in [0.25, 0.3) is 0 Å². The number of carboxylic acid groups (broad SMARTS) is 1. The predicted octanol–water partition coefficient (Wildman–Crippen LogP) is -0.0176. The molecule has 7 heteroatoms. The smallest absolute Gasteiger partial charge is 0.328 e. The minimum absolute atomic E-state index is 0.357. The Bertz CT molecular complexity index is 447. The first-order valence-electron chi connectivity index (χ1n) is 6.07. The van der Waals surface area contributed by atoms with Crippen molar-refractivity contribution in [2.24, 2.45) is 0 Å². The number of hydrogen-bond donors (Lipinski definition) is 4. The van der Waals surface area contributed by atoms with E-state index < -0.39 is 24.6 Å². The van der Waals surface area contributed by atoms with Gasteiger partial charge in [-0.1, -0.05) is 12.1 Å². The van der Waals surface area contributed by atoms with Crippen LogP contribution in [0.5, 0.6) is 5.75 Å². The molecule has 0 aliphatic rings. The molecule has 1 aromatic rings. The van der Waals surface area contributed by atoms with Crippen LogP contribution in [0.4, 0.5) is 4.79 Å². The molecular formula is C13H18N2O5. The largest absolute Gasteiger partial charge is 0.497 e. The lowest BCUT2D eigenvalue weighted by atomic mass is 10.1. The van der Waals surface area contributed by atoms with Crippen LogP contribution in [0.3, 0.4) is 0 Å². The summed E-state index contributed by atoms with van der Waals surface area (Å²) in [6.45, 7) is -0.294. The molecule has 0 aliphatic heterocycles. The number of aliphatic hydroxyl groups excluding tert-OH is 1. The van der Waals surface area contributed by atoms with E-state index in [9.17, 15) is 9.59 Å². The van der Waals surface area contributed by atoms with E-state index in [2.05, 4.69) is 10.6 Å². The van der Waals surface area contributed by atoms with E-state index >= 15 is 0 Å². The molecule has 7 nitrogen and oxygen atoms in total. The summed E-state index contributed by atoms with van der Waals surface area (Å²) in [4.78, 5) is 22.0. The lowest BCUT2D eigenvalue weighted by Crippen LogP contribution is -2.48. The summed E-state index contributed by atoms with van der Waals surface area (Å²) in [6.07, 6.45) is 0.605. The SMILES string of the molecule is COc1ccc(CCNC(=O)NC(CO)C(=O)O)cc1. The van der Waals surface area contributed by atoms with Crippen molar-refractivity contribution in [1.29, 1.82) is 0 Å². The van der Waals surface area contributed by atoms with Crippen molar-refractivity contribution >= 4 is 12.0 Å². The number of nitrogens with one attached hydrogen (secondary N) is 2. The van der Waals surface area contributed by atoms with Crippen LogP contribution < -0.4 is 15.4 Å².